The van der Waals surface area contributed by atoms with Crippen LogP contribution in [0.5, 0.6) is 0 Å². The van der Waals surface area contributed by atoms with Crippen molar-refractivity contribution < 1.29 is 9.90 Å². The van der Waals surface area contributed by atoms with E-state index in [-0.39, 0.29) is 24.1 Å². The van der Waals surface area contributed by atoms with Crippen LogP contribution in [0.1, 0.15) is 37.3 Å². The number of carbonyl (C=O) groups excluding carboxylic acids is 1. The molecular weight excluding hydrogens is 290 g/mol. The fourth-order valence-corrected chi connectivity index (χ4v) is 3.21. The molecule has 2 rings (SSSR count). The third-order valence-electron chi connectivity index (χ3n) is 5.03. The number of rotatable bonds is 5. The first-order chi connectivity index (χ1) is 10.9. The van der Waals surface area contributed by atoms with Crippen LogP contribution < -0.4 is 15.5 Å². The number of nitrogens with one attached hydrogen (secondary N) is 2. The summed E-state index contributed by atoms with van der Waals surface area (Å²) >= 11 is 0. The van der Waals surface area contributed by atoms with E-state index in [0.29, 0.717) is 6.54 Å². The molecule has 0 spiro atoms. The SMILES string of the molecule is Cc1cc(N(C)C)ccc1CNC(=O)NC1CCCC1(C)CO. The molecule has 1 aromatic rings. The Balaban J connectivity index is 1.90. The van der Waals surface area contributed by atoms with Crippen molar-refractivity contribution in [1.82, 2.24) is 10.6 Å². The van der Waals surface area contributed by atoms with Gasteiger partial charge in [0.1, 0.15) is 0 Å². The van der Waals surface area contributed by atoms with E-state index in [1.807, 2.05) is 21.0 Å². The van der Waals surface area contributed by atoms with Gasteiger partial charge in [0.05, 0.1) is 6.61 Å². The number of urea groups is 1. The summed E-state index contributed by atoms with van der Waals surface area (Å²) in [6.45, 7) is 4.72. The van der Waals surface area contributed by atoms with Gasteiger partial charge in [-0.2, -0.15) is 0 Å². The minimum absolute atomic E-state index is 0.0460. The van der Waals surface area contributed by atoms with Crippen LogP contribution >= 0.6 is 0 Å². The van der Waals surface area contributed by atoms with Gasteiger partial charge in [0.15, 0.2) is 0 Å². The zero-order valence-corrected chi connectivity index (χ0v) is 14.6. The lowest BCUT2D eigenvalue weighted by atomic mass is 9.86. The molecule has 1 aromatic carbocycles. The number of hydrogen-bond acceptors (Lipinski definition) is 3. The quantitative estimate of drug-likeness (QED) is 0.781. The standard InChI is InChI=1S/C18H29N3O2/c1-13-10-15(21(3)4)8-7-14(13)11-19-17(23)20-16-6-5-9-18(16,2)12-22/h7-8,10,16,22H,5-6,9,11-12H2,1-4H3,(H2,19,20,23). The Labute approximate surface area is 139 Å². The van der Waals surface area contributed by atoms with Gasteiger partial charge in [-0.3, -0.25) is 0 Å². The highest BCUT2D eigenvalue weighted by Gasteiger charge is 2.39. The monoisotopic (exact) mass is 319 g/mol. The number of hydrogen-bond donors (Lipinski definition) is 3. The van der Waals surface area contributed by atoms with Crippen LogP contribution in [0.25, 0.3) is 0 Å². The maximum atomic E-state index is 12.2. The molecule has 128 valence electrons. The minimum Gasteiger partial charge on any atom is -0.396 e. The molecule has 5 nitrogen and oxygen atoms in total. The van der Waals surface area contributed by atoms with E-state index in [0.717, 1.165) is 36.1 Å². The van der Waals surface area contributed by atoms with Gasteiger partial charge in [-0.1, -0.05) is 19.4 Å². The number of carbonyl (C=O) groups is 1. The van der Waals surface area contributed by atoms with Crippen LogP contribution in [-0.4, -0.2) is 37.9 Å². The summed E-state index contributed by atoms with van der Waals surface area (Å²) in [6.07, 6.45) is 2.94. The number of amides is 2. The Hall–Kier alpha value is -1.75. The van der Waals surface area contributed by atoms with Gasteiger partial charge in [-0.15, -0.1) is 0 Å². The van der Waals surface area contributed by atoms with Crippen LogP contribution in [0.2, 0.25) is 0 Å². The molecular formula is C18H29N3O2. The molecule has 0 radical (unpaired) electrons. The highest BCUT2D eigenvalue weighted by molar-refractivity contribution is 5.74. The normalized spacial score (nSPS) is 23.6. The van der Waals surface area contributed by atoms with Crippen LogP contribution in [0.3, 0.4) is 0 Å². The molecule has 2 atom stereocenters. The van der Waals surface area contributed by atoms with Crippen LogP contribution in [0.15, 0.2) is 18.2 Å². The molecule has 0 saturated heterocycles. The summed E-state index contributed by atoms with van der Waals surface area (Å²) in [4.78, 5) is 14.2. The first kappa shape index (κ1) is 17.6. The fraction of sp³-hybridized carbons (Fsp3) is 0.611. The molecule has 0 bridgehead atoms. The van der Waals surface area contributed by atoms with Gasteiger partial charge < -0.3 is 20.6 Å². The Kier molecular flexibility index (Phi) is 5.52. The summed E-state index contributed by atoms with van der Waals surface area (Å²) in [5.41, 5.74) is 3.24. The van der Waals surface area contributed by atoms with E-state index in [1.54, 1.807) is 0 Å². The maximum absolute atomic E-state index is 12.2. The van der Waals surface area contributed by atoms with Gasteiger partial charge in [0, 0.05) is 37.8 Å². The highest BCUT2D eigenvalue weighted by Crippen LogP contribution is 2.37. The molecule has 0 aliphatic heterocycles. The van der Waals surface area contributed by atoms with E-state index in [4.69, 9.17) is 0 Å². The molecule has 1 fully saturated rings. The Morgan fingerprint density at radius 2 is 2.17 bits per heavy atom. The highest BCUT2D eigenvalue weighted by atomic mass is 16.3. The van der Waals surface area contributed by atoms with Crippen molar-refractivity contribution in [2.75, 3.05) is 25.6 Å². The van der Waals surface area contributed by atoms with Crippen molar-refractivity contribution in [3.8, 4) is 0 Å². The largest absolute Gasteiger partial charge is 0.396 e. The second kappa shape index (κ2) is 7.21. The minimum atomic E-state index is -0.194. The Morgan fingerprint density at radius 1 is 1.43 bits per heavy atom. The molecule has 1 aliphatic carbocycles. The molecule has 1 saturated carbocycles. The van der Waals surface area contributed by atoms with E-state index < -0.39 is 0 Å². The zero-order chi connectivity index (χ0) is 17.0. The number of anilines is 1. The Bertz CT molecular complexity index is 559. The maximum Gasteiger partial charge on any atom is 0.315 e. The number of nitrogens with zero attached hydrogens (tertiary/aromatic N) is 1. The molecule has 1 aliphatic rings. The predicted octanol–water partition coefficient (Wildman–Crippen LogP) is 2.41. The second-order valence-electron chi connectivity index (χ2n) is 7.09. The molecule has 2 unspecified atom stereocenters. The lowest BCUT2D eigenvalue weighted by molar-refractivity contribution is 0.121. The first-order valence-corrected chi connectivity index (χ1v) is 8.28. The van der Waals surface area contributed by atoms with Gasteiger partial charge in [0.2, 0.25) is 0 Å². The molecule has 2 amide bonds. The van der Waals surface area contributed by atoms with Gasteiger partial charge in [-0.25, -0.2) is 4.79 Å². The van der Waals surface area contributed by atoms with E-state index >= 15 is 0 Å². The lowest BCUT2D eigenvalue weighted by Crippen LogP contribution is -2.48. The molecule has 3 N–H and O–H groups in total. The number of benzene rings is 1. The van der Waals surface area contributed by atoms with Crippen LogP contribution in [0.4, 0.5) is 10.5 Å². The van der Waals surface area contributed by atoms with E-state index in [1.165, 1.54) is 0 Å². The predicted molar refractivity (Wildman–Crippen MR) is 93.7 cm³/mol. The fourth-order valence-electron chi connectivity index (χ4n) is 3.21. The summed E-state index contributed by atoms with van der Waals surface area (Å²) in [5.74, 6) is 0. The summed E-state index contributed by atoms with van der Waals surface area (Å²) in [7, 11) is 4.03. The molecule has 0 heterocycles. The lowest BCUT2D eigenvalue weighted by Gasteiger charge is -2.30. The third-order valence-corrected chi connectivity index (χ3v) is 5.03. The zero-order valence-electron chi connectivity index (χ0n) is 14.6. The summed E-state index contributed by atoms with van der Waals surface area (Å²) < 4.78 is 0. The van der Waals surface area contributed by atoms with Gasteiger partial charge in [0.25, 0.3) is 0 Å². The second-order valence-corrected chi connectivity index (χ2v) is 7.09. The first-order valence-electron chi connectivity index (χ1n) is 8.28. The van der Waals surface area contributed by atoms with Gasteiger partial charge in [-0.05, 0) is 43.0 Å². The smallest absolute Gasteiger partial charge is 0.315 e. The van der Waals surface area contributed by atoms with Crippen LogP contribution in [0, 0.1) is 12.3 Å². The van der Waals surface area contributed by atoms with Crippen molar-refractivity contribution in [2.45, 2.75) is 45.7 Å². The summed E-state index contributed by atoms with van der Waals surface area (Å²) in [6, 6.07) is 6.12. The molecule has 0 aromatic heterocycles. The van der Waals surface area contributed by atoms with Crippen molar-refractivity contribution in [3.63, 3.8) is 0 Å². The van der Waals surface area contributed by atoms with Crippen molar-refractivity contribution in [1.29, 1.82) is 0 Å². The van der Waals surface area contributed by atoms with Gasteiger partial charge >= 0.3 is 6.03 Å². The van der Waals surface area contributed by atoms with Crippen molar-refractivity contribution in [2.24, 2.45) is 5.41 Å². The summed E-state index contributed by atoms with van der Waals surface area (Å²) in [5, 5.41) is 15.5. The van der Waals surface area contributed by atoms with Crippen molar-refractivity contribution >= 4 is 11.7 Å². The number of aliphatic hydroxyl groups is 1. The van der Waals surface area contributed by atoms with Crippen LogP contribution in [-0.2, 0) is 6.54 Å². The third kappa shape index (κ3) is 4.16. The number of aryl methyl sites for hydroxylation is 1. The Morgan fingerprint density at radius 3 is 2.78 bits per heavy atom. The van der Waals surface area contributed by atoms with Crippen molar-refractivity contribution in [3.05, 3.63) is 29.3 Å². The topological polar surface area (TPSA) is 64.6 Å². The molecule has 23 heavy (non-hydrogen) atoms. The average molecular weight is 319 g/mol. The molecule has 5 heteroatoms. The van der Waals surface area contributed by atoms with E-state index in [2.05, 4.69) is 40.7 Å². The van der Waals surface area contributed by atoms with E-state index in [9.17, 15) is 9.90 Å². The average Bonchev–Trinajstić information content (AvgIpc) is 2.87. The number of aliphatic hydroxyl groups excluding tert-OH is 1.